The van der Waals surface area contributed by atoms with Gasteiger partial charge in [-0.25, -0.2) is 4.98 Å². The van der Waals surface area contributed by atoms with Gasteiger partial charge in [-0.2, -0.15) is 0 Å². The highest BCUT2D eigenvalue weighted by Gasteiger charge is 2.16. The largest absolute Gasteiger partial charge is 0.494 e. The number of ether oxygens (including phenoxy) is 1. The minimum Gasteiger partial charge on any atom is -0.494 e. The zero-order valence-corrected chi connectivity index (χ0v) is 18.8. The molecule has 5 aromatic rings. The van der Waals surface area contributed by atoms with Crippen LogP contribution in [-0.2, 0) is 17.6 Å². The van der Waals surface area contributed by atoms with Gasteiger partial charge in [-0.15, -0.1) is 0 Å². The second-order valence-corrected chi connectivity index (χ2v) is 8.26. The molecule has 34 heavy (non-hydrogen) atoms. The molecule has 168 valence electrons. The van der Waals surface area contributed by atoms with Crippen molar-refractivity contribution in [2.45, 2.75) is 19.8 Å². The van der Waals surface area contributed by atoms with E-state index in [1.165, 1.54) is 6.92 Å². The SMILES string of the molecule is CC(=O)Oc1ccc(-c2cn3c(O)c(Cc4ccccc4)cc3c(Cc3ccccc3)n2)cc1. The Morgan fingerprint density at radius 1 is 0.882 bits per heavy atom. The number of aromatic nitrogens is 2. The Kier molecular flexibility index (Phi) is 5.83. The predicted octanol–water partition coefficient (Wildman–Crippen LogP) is 5.81. The summed E-state index contributed by atoms with van der Waals surface area (Å²) >= 11 is 0. The third kappa shape index (κ3) is 4.55. The lowest BCUT2D eigenvalue weighted by molar-refractivity contribution is -0.131. The van der Waals surface area contributed by atoms with Crippen LogP contribution in [0.15, 0.2) is 97.2 Å². The van der Waals surface area contributed by atoms with Crippen LogP contribution >= 0.6 is 0 Å². The average molecular weight is 449 g/mol. The maximum Gasteiger partial charge on any atom is 0.308 e. The number of esters is 1. The summed E-state index contributed by atoms with van der Waals surface area (Å²) in [4.78, 5) is 16.2. The van der Waals surface area contributed by atoms with Crippen molar-refractivity contribution in [2.75, 3.05) is 0 Å². The standard InChI is InChI=1S/C29H24N2O3/c1-20(32)34-25-14-12-23(13-15-25)27-19-31-28(26(30-27)17-22-10-6-3-7-11-22)18-24(29(31)33)16-21-8-4-2-5-9-21/h2-15,18-19,33H,16-17H2,1H3. The van der Waals surface area contributed by atoms with E-state index in [-0.39, 0.29) is 11.8 Å². The fourth-order valence-corrected chi connectivity index (χ4v) is 4.14. The maximum atomic E-state index is 11.2. The first-order chi connectivity index (χ1) is 16.6. The molecule has 5 heteroatoms. The van der Waals surface area contributed by atoms with Crippen LogP contribution in [0, 0.1) is 0 Å². The molecule has 0 atom stereocenters. The molecule has 0 aliphatic heterocycles. The van der Waals surface area contributed by atoms with Gasteiger partial charge >= 0.3 is 5.97 Å². The van der Waals surface area contributed by atoms with Crippen LogP contribution < -0.4 is 4.74 Å². The second kappa shape index (κ2) is 9.24. The van der Waals surface area contributed by atoms with Gasteiger partial charge in [0.2, 0.25) is 0 Å². The minimum absolute atomic E-state index is 0.216. The number of rotatable bonds is 6. The first-order valence-electron chi connectivity index (χ1n) is 11.2. The summed E-state index contributed by atoms with van der Waals surface area (Å²) in [7, 11) is 0. The molecule has 0 saturated carbocycles. The first kappa shape index (κ1) is 21.5. The van der Waals surface area contributed by atoms with E-state index in [1.807, 2.05) is 65.2 Å². The van der Waals surface area contributed by atoms with Crippen LogP contribution in [0.4, 0.5) is 0 Å². The monoisotopic (exact) mass is 448 g/mol. The lowest BCUT2D eigenvalue weighted by Gasteiger charge is -2.10. The van der Waals surface area contributed by atoms with Gasteiger partial charge in [0.25, 0.3) is 0 Å². The van der Waals surface area contributed by atoms with Gasteiger partial charge in [0.05, 0.1) is 16.9 Å². The number of fused-ring (bicyclic) bond motifs is 1. The van der Waals surface area contributed by atoms with E-state index in [0.29, 0.717) is 18.6 Å². The smallest absolute Gasteiger partial charge is 0.308 e. The third-order valence-corrected chi connectivity index (χ3v) is 5.75. The quantitative estimate of drug-likeness (QED) is 0.263. The van der Waals surface area contributed by atoms with Gasteiger partial charge in [0.1, 0.15) is 5.75 Å². The Labute approximate surface area is 197 Å². The van der Waals surface area contributed by atoms with E-state index in [2.05, 4.69) is 24.3 Å². The molecular weight excluding hydrogens is 424 g/mol. The number of carbonyl (C=O) groups is 1. The highest BCUT2D eigenvalue weighted by atomic mass is 16.5. The second-order valence-electron chi connectivity index (χ2n) is 8.26. The van der Waals surface area contributed by atoms with Gasteiger partial charge in [0.15, 0.2) is 5.88 Å². The molecular formula is C29H24N2O3. The third-order valence-electron chi connectivity index (χ3n) is 5.75. The van der Waals surface area contributed by atoms with Crippen molar-refractivity contribution in [3.05, 3.63) is 120 Å². The molecule has 2 heterocycles. The highest BCUT2D eigenvalue weighted by molar-refractivity contribution is 5.70. The number of carbonyl (C=O) groups excluding carboxylic acids is 1. The molecule has 3 aromatic carbocycles. The van der Waals surface area contributed by atoms with E-state index >= 15 is 0 Å². The van der Waals surface area contributed by atoms with Crippen LogP contribution in [0.3, 0.4) is 0 Å². The molecule has 2 aromatic heterocycles. The summed E-state index contributed by atoms with van der Waals surface area (Å²) in [6.45, 7) is 1.38. The normalized spacial score (nSPS) is 11.0. The first-order valence-corrected chi connectivity index (χ1v) is 11.2. The Bertz CT molecular complexity index is 1440. The molecule has 0 bridgehead atoms. The van der Waals surface area contributed by atoms with Crippen molar-refractivity contribution in [1.82, 2.24) is 9.38 Å². The van der Waals surface area contributed by atoms with E-state index in [0.717, 1.165) is 39.2 Å². The summed E-state index contributed by atoms with van der Waals surface area (Å²) in [6.07, 6.45) is 3.12. The van der Waals surface area contributed by atoms with E-state index in [9.17, 15) is 9.90 Å². The number of benzene rings is 3. The molecule has 0 amide bonds. The zero-order chi connectivity index (χ0) is 23.5. The molecule has 0 spiro atoms. The van der Waals surface area contributed by atoms with E-state index < -0.39 is 0 Å². The summed E-state index contributed by atoms with van der Waals surface area (Å²) < 4.78 is 6.97. The van der Waals surface area contributed by atoms with E-state index in [4.69, 9.17) is 9.72 Å². The number of hydrogen-bond acceptors (Lipinski definition) is 4. The molecule has 0 fully saturated rings. The Hall–Kier alpha value is -4.38. The summed E-state index contributed by atoms with van der Waals surface area (Å²) in [6, 6.07) is 29.5. The maximum absolute atomic E-state index is 11.2. The van der Waals surface area contributed by atoms with Gasteiger partial charge in [-0.05, 0) is 41.5 Å². The van der Waals surface area contributed by atoms with Crippen molar-refractivity contribution < 1.29 is 14.6 Å². The zero-order valence-electron chi connectivity index (χ0n) is 18.8. The molecule has 0 saturated heterocycles. The molecule has 1 N–H and O–H groups in total. The molecule has 0 aliphatic rings. The average Bonchev–Trinajstić information content (AvgIpc) is 3.16. The molecule has 5 nitrogen and oxygen atoms in total. The van der Waals surface area contributed by atoms with Gasteiger partial charge < -0.3 is 9.84 Å². The lowest BCUT2D eigenvalue weighted by Crippen LogP contribution is -2.02. The molecule has 0 unspecified atom stereocenters. The fourth-order valence-electron chi connectivity index (χ4n) is 4.14. The van der Waals surface area contributed by atoms with E-state index in [1.54, 1.807) is 12.1 Å². The van der Waals surface area contributed by atoms with Gasteiger partial charge in [0, 0.05) is 37.1 Å². The van der Waals surface area contributed by atoms with Crippen LogP contribution in [0.25, 0.3) is 16.8 Å². The molecule has 5 rings (SSSR count). The van der Waals surface area contributed by atoms with Crippen molar-refractivity contribution >= 4 is 11.5 Å². The van der Waals surface area contributed by atoms with Gasteiger partial charge in [-0.3, -0.25) is 9.20 Å². The molecule has 0 aliphatic carbocycles. The van der Waals surface area contributed by atoms with Crippen LogP contribution in [0.1, 0.15) is 29.3 Å². The minimum atomic E-state index is -0.361. The Balaban J connectivity index is 1.60. The lowest BCUT2D eigenvalue weighted by atomic mass is 10.1. The highest BCUT2D eigenvalue weighted by Crippen LogP contribution is 2.31. The van der Waals surface area contributed by atoms with Crippen molar-refractivity contribution in [1.29, 1.82) is 0 Å². The molecule has 0 radical (unpaired) electrons. The summed E-state index contributed by atoms with van der Waals surface area (Å²) in [5.74, 6) is 0.338. The number of hydrogen-bond donors (Lipinski definition) is 1. The van der Waals surface area contributed by atoms with Gasteiger partial charge in [-0.1, -0.05) is 60.7 Å². The van der Waals surface area contributed by atoms with Crippen molar-refractivity contribution in [3.63, 3.8) is 0 Å². The van der Waals surface area contributed by atoms with Crippen LogP contribution in [0.5, 0.6) is 11.6 Å². The van der Waals surface area contributed by atoms with Crippen molar-refractivity contribution in [2.24, 2.45) is 0 Å². The van der Waals surface area contributed by atoms with Crippen molar-refractivity contribution in [3.8, 4) is 22.9 Å². The fraction of sp³-hybridized carbons (Fsp3) is 0.103. The Morgan fingerprint density at radius 2 is 1.50 bits per heavy atom. The van der Waals surface area contributed by atoms with Crippen LogP contribution in [0.2, 0.25) is 0 Å². The summed E-state index contributed by atoms with van der Waals surface area (Å²) in [5.41, 5.74) is 6.48. The number of nitrogens with zero attached hydrogens (tertiary/aromatic N) is 2. The predicted molar refractivity (Wildman–Crippen MR) is 132 cm³/mol. The topological polar surface area (TPSA) is 63.8 Å². The van der Waals surface area contributed by atoms with Crippen LogP contribution in [-0.4, -0.2) is 20.5 Å². The summed E-state index contributed by atoms with van der Waals surface area (Å²) in [5, 5.41) is 11.1. The number of aromatic hydroxyl groups is 1. The Morgan fingerprint density at radius 3 is 2.12 bits per heavy atom.